The monoisotopic (exact) mass is 459 g/mol. The standard InChI is InChI=1S/C13H23O6.W/c1-17-8-9-18-7-3-2-4-12(10-15)11-19-13(16)5-6-14;/h12,14H,2-9,11H2,1H3;/q-1;. The van der Waals surface area contributed by atoms with Gasteiger partial charge in [0.25, 0.3) is 0 Å². The third kappa shape index (κ3) is 14.1. The van der Waals surface area contributed by atoms with Crippen molar-refractivity contribution in [2.24, 2.45) is 5.92 Å². The summed E-state index contributed by atoms with van der Waals surface area (Å²) in [4.78, 5) is 21.7. The molecule has 0 aromatic carbocycles. The number of methoxy groups -OCH3 is 1. The number of hydrogen-bond acceptors (Lipinski definition) is 6. The van der Waals surface area contributed by atoms with Gasteiger partial charge in [-0.15, -0.1) is 5.92 Å². The van der Waals surface area contributed by atoms with Crippen LogP contribution < -0.4 is 0 Å². The number of unbranched alkanes of at least 4 members (excludes halogenated alkanes) is 1. The minimum atomic E-state index is -0.495. The summed E-state index contributed by atoms with van der Waals surface area (Å²) in [5, 5.41) is 8.52. The molecule has 0 rings (SSSR count). The van der Waals surface area contributed by atoms with Crippen LogP contribution in [0.2, 0.25) is 0 Å². The van der Waals surface area contributed by atoms with Crippen LogP contribution in [0, 0.1) is 5.92 Å². The SMILES string of the molecule is COCCOCCCCC([C-]=O)COC(=O)CCO.[W]. The van der Waals surface area contributed by atoms with Crippen LogP contribution in [0.25, 0.3) is 0 Å². The quantitative estimate of drug-likeness (QED) is 0.245. The zero-order valence-corrected chi connectivity index (χ0v) is 14.8. The number of aliphatic hydroxyl groups is 1. The van der Waals surface area contributed by atoms with Gasteiger partial charge in [0.05, 0.1) is 32.8 Å². The summed E-state index contributed by atoms with van der Waals surface area (Å²) < 4.78 is 15.0. The van der Waals surface area contributed by atoms with Gasteiger partial charge in [-0.05, 0) is 6.42 Å². The molecule has 1 N–H and O–H groups in total. The fourth-order valence-corrected chi connectivity index (χ4v) is 1.37. The molecule has 118 valence electrons. The Balaban J connectivity index is 0. The Bertz CT molecular complexity index is 237. The van der Waals surface area contributed by atoms with Gasteiger partial charge in [-0.25, -0.2) is 0 Å². The molecular weight excluding hydrogens is 436 g/mol. The molecule has 0 aliphatic rings. The van der Waals surface area contributed by atoms with Crippen molar-refractivity contribution in [2.75, 3.05) is 40.1 Å². The summed E-state index contributed by atoms with van der Waals surface area (Å²) in [6.07, 6.45) is 4.08. The average Bonchev–Trinajstić information content (AvgIpc) is 2.41. The molecule has 0 aliphatic heterocycles. The van der Waals surface area contributed by atoms with E-state index in [1.807, 2.05) is 6.29 Å². The van der Waals surface area contributed by atoms with Gasteiger partial charge < -0.3 is 24.1 Å². The molecule has 6 nitrogen and oxygen atoms in total. The molecule has 0 fully saturated rings. The molecule has 0 spiro atoms. The third-order valence-electron chi connectivity index (χ3n) is 2.45. The average molecular weight is 459 g/mol. The molecule has 7 heteroatoms. The van der Waals surface area contributed by atoms with Crippen molar-refractivity contribution in [3.63, 3.8) is 0 Å². The normalized spacial score (nSPS) is 11.5. The van der Waals surface area contributed by atoms with Gasteiger partial charge in [0.1, 0.15) is 0 Å². The molecule has 0 saturated heterocycles. The van der Waals surface area contributed by atoms with E-state index in [4.69, 9.17) is 19.3 Å². The minimum absolute atomic E-state index is 0. The van der Waals surface area contributed by atoms with E-state index < -0.39 is 11.9 Å². The summed E-state index contributed by atoms with van der Waals surface area (Å²) in [7, 11) is 1.62. The molecule has 1 atom stereocenters. The van der Waals surface area contributed by atoms with E-state index in [1.165, 1.54) is 0 Å². The first kappa shape index (κ1) is 22.0. The minimum Gasteiger partial charge on any atom is -0.541 e. The summed E-state index contributed by atoms with van der Waals surface area (Å²) in [6, 6.07) is 0. The second-order valence-corrected chi connectivity index (χ2v) is 4.07. The maximum atomic E-state index is 11.0. The Morgan fingerprint density at radius 1 is 1.25 bits per heavy atom. The second-order valence-electron chi connectivity index (χ2n) is 4.07. The maximum Gasteiger partial charge on any atom is 0.308 e. The maximum absolute atomic E-state index is 11.0. The van der Waals surface area contributed by atoms with Crippen molar-refractivity contribution >= 4 is 12.3 Å². The Morgan fingerprint density at radius 3 is 2.60 bits per heavy atom. The van der Waals surface area contributed by atoms with Gasteiger partial charge in [0.2, 0.25) is 0 Å². The summed E-state index contributed by atoms with van der Waals surface area (Å²) >= 11 is 0. The van der Waals surface area contributed by atoms with E-state index in [0.29, 0.717) is 26.2 Å². The van der Waals surface area contributed by atoms with E-state index in [2.05, 4.69) is 0 Å². The molecule has 0 aromatic rings. The Morgan fingerprint density at radius 2 is 2.00 bits per heavy atom. The first-order valence-electron chi connectivity index (χ1n) is 6.45. The zero-order chi connectivity index (χ0) is 14.3. The fraction of sp³-hybridized carbons (Fsp3) is 0.846. The topological polar surface area (TPSA) is 82.1 Å². The van der Waals surface area contributed by atoms with Crippen molar-refractivity contribution < 1.29 is 50.0 Å². The molecular formula is C13H23O6W-. The predicted molar refractivity (Wildman–Crippen MR) is 68.4 cm³/mol. The largest absolute Gasteiger partial charge is 0.541 e. The number of aliphatic hydroxyl groups excluding tert-OH is 1. The van der Waals surface area contributed by atoms with Crippen LogP contribution in [-0.4, -0.2) is 57.5 Å². The fourth-order valence-electron chi connectivity index (χ4n) is 1.37. The smallest absolute Gasteiger partial charge is 0.308 e. The zero-order valence-electron chi connectivity index (χ0n) is 11.8. The molecule has 0 radical (unpaired) electrons. The Labute approximate surface area is 134 Å². The van der Waals surface area contributed by atoms with Crippen LogP contribution in [0.5, 0.6) is 0 Å². The number of ether oxygens (including phenoxy) is 3. The van der Waals surface area contributed by atoms with Crippen LogP contribution in [-0.2, 0) is 44.9 Å². The first-order chi connectivity index (χ1) is 9.24. The van der Waals surface area contributed by atoms with Crippen LogP contribution >= 0.6 is 0 Å². The number of carbonyl (C=O) groups excluding carboxylic acids is 2. The molecule has 20 heavy (non-hydrogen) atoms. The van der Waals surface area contributed by atoms with Gasteiger partial charge in [-0.3, -0.25) is 11.1 Å². The molecule has 0 amide bonds. The van der Waals surface area contributed by atoms with Crippen molar-refractivity contribution in [3.05, 3.63) is 0 Å². The van der Waals surface area contributed by atoms with E-state index in [0.717, 1.165) is 12.8 Å². The molecule has 0 aromatic heterocycles. The van der Waals surface area contributed by atoms with Crippen LogP contribution in [0.15, 0.2) is 0 Å². The Kier molecular flexibility index (Phi) is 18.4. The molecule has 0 aliphatic carbocycles. The number of rotatable bonds is 13. The van der Waals surface area contributed by atoms with Crippen molar-refractivity contribution in [1.29, 1.82) is 0 Å². The second kappa shape index (κ2) is 16.8. The van der Waals surface area contributed by atoms with Crippen molar-refractivity contribution in [3.8, 4) is 0 Å². The number of hydrogen-bond donors (Lipinski definition) is 1. The third-order valence-corrected chi connectivity index (χ3v) is 2.45. The summed E-state index contributed by atoms with van der Waals surface area (Å²) in [6.45, 7) is 1.56. The van der Waals surface area contributed by atoms with Gasteiger partial charge in [0.15, 0.2) is 0 Å². The van der Waals surface area contributed by atoms with Crippen LogP contribution in [0.4, 0.5) is 0 Å². The van der Waals surface area contributed by atoms with Gasteiger partial charge >= 0.3 is 5.97 Å². The van der Waals surface area contributed by atoms with E-state index in [1.54, 1.807) is 7.11 Å². The van der Waals surface area contributed by atoms with Crippen molar-refractivity contribution in [2.45, 2.75) is 25.7 Å². The number of esters is 1. The molecule has 0 heterocycles. The molecule has 1 unspecified atom stereocenters. The van der Waals surface area contributed by atoms with Gasteiger partial charge in [0, 0.05) is 34.8 Å². The number of carbonyl (C=O) groups is 1. The van der Waals surface area contributed by atoms with Gasteiger partial charge in [-0.2, -0.15) is 0 Å². The Hall–Kier alpha value is -0.292. The van der Waals surface area contributed by atoms with Crippen LogP contribution in [0.3, 0.4) is 0 Å². The predicted octanol–water partition coefficient (Wildman–Crippen LogP) is 0.469. The van der Waals surface area contributed by atoms with E-state index in [9.17, 15) is 9.59 Å². The molecule has 0 saturated carbocycles. The van der Waals surface area contributed by atoms with Gasteiger partial charge in [-0.1, -0.05) is 12.8 Å². The van der Waals surface area contributed by atoms with Crippen LogP contribution in [0.1, 0.15) is 25.7 Å². The van der Waals surface area contributed by atoms with E-state index >= 15 is 0 Å². The van der Waals surface area contributed by atoms with Crippen molar-refractivity contribution in [1.82, 2.24) is 0 Å². The van der Waals surface area contributed by atoms with E-state index in [-0.39, 0.29) is 40.7 Å². The first-order valence-corrected chi connectivity index (χ1v) is 6.45. The summed E-state index contributed by atoms with van der Waals surface area (Å²) in [5.74, 6) is -0.896. The summed E-state index contributed by atoms with van der Waals surface area (Å²) in [5.41, 5.74) is 0. The molecule has 0 bridgehead atoms.